The van der Waals surface area contributed by atoms with Gasteiger partial charge in [-0.2, -0.15) is 0 Å². The number of ether oxygens (including phenoxy) is 1. The third kappa shape index (κ3) is 6.92. The Labute approximate surface area is 279 Å². The molecule has 3 fully saturated rings. The first-order valence-corrected chi connectivity index (χ1v) is 17.8. The minimum Gasteiger partial charge on any atom is -0.507 e. The number of amides is 2. The second kappa shape index (κ2) is 13.4. The molecule has 0 saturated heterocycles. The summed E-state index contributed by atoms with van der Waals surface area (Å²) in [5.41, 5.74) is 5.71. The molecule has 0 radical (unpaired) electrons. The van der Waals surface area contributed by atoms with Crippen LogP contribution in [0.25, 0.3) is 0 Å². The second-order valence-electron chi connectivity index (χ2n) is 16.2. The van der Waals surface area contributed by atoms with Crippen LogP contribution in [0.5, 0.6) is 11.5 Å². The Balaban J connectivity index is 1.15. The van der Waals surface area contributed by atoms with Crippen LogP contribution in [0, 0.1) is 40.4 Å². The number of carbonyl (C=O) groups excluding carboxylic acids is 3. The molecule has 9 nitrogen and oxygen atoms in total. The van der Waals surface area contributed by atoms with Crippen molar-refractivity contribution in [3.8, 4) is 11.5 Å². The van der Waals surface area contributed by atoms with E-state index >= 15 is 0 Å². The number of anilines is 1. The van der Waals surface area contributed by atoms with Crippen molar-refractivity contribution in [2.75, 3.05) is 5.32 Å². The highest BCUT2D eigenvalue weighted by Gasteiger charge is 2.61. The molecule has 4 aliphatic rings. The molecule has 0 spiro atoms. The molecule has 0 aromatic heterocycles. The van der Waals surface area contributed by atoms with E-state index in [9.17, 15) is 29.7 Å². The number of rotatable bonds is 11. The fourth-order valence-corrected chi connectivity index (χ4v) is 10.4. The average molecular weight is 653 g/mol. The standard InChI is InChI=1S/C38H56N2O7/c1-22(2)7-6-18-38(5,46)30-13-10-26-25-9-8-23-21-24(16-19-36(23,3)27(25)17-20-37(26,30)4)47-32(43)15-14-31(42)40-28-11-12-29(41)33(34(28)44)35(39)45/h8,11-12,22,24-27,30,41,44,46H,6-7,9-10,13-21H2,1-5H3,(H2,39,45)(H,40,42)/t24-,25?,26?,27?,30?,36-,37-,38-/m0/s1. The first-order chi connectivity index (χ1) is 22.1. The van der Waals surface area contributed by atoms with Crippen molar-refractivity contribution in [2.45, 2.75) is 130 Å². The Kier molecular flexibility index (Phi) is 10.1. The first-order valence-electron chi connectivity index (χ1n) is 17.8. The molecule has 47 heavy (non-hydrogen) atoms. The van der Waals surface area contributed by atoms with Crippen molar-refractivity contribution >= 4 is 23.5 Å². The van der Waals surface area contributed by atoms with Gasteiger partial charge in [-0.1, -0.05) is 52.2 Å². The monoisotopic (exact) mass is 652 g/mol. The highest BCUT2D eigenvalue weighted by Crippen LogP contribution is 2.67. The molecule has 6 N–H and O–H groups in total. The number of esters is 1. The molecule has 1 aromatic carbocycles. The quantitative estimate of drug-likeness (QED) is 0.0746. The Morgan fingerprint density at radius 3 is 2.51 bits per heavy atom. The van der Waals surface area contributed by atoms with E-state index in [1.165, 1.54) is 30.9 Å². The van der Waals surface area contributed by atoms with Crippen LogP contribution in [0.3, 0.4) is 0 Å². The smallest absolute Gasteiger partial charge is 0.306 e. The summed E-state index contributed by atoms with van der Waals surface area (Å²) in [6, 6.07) is 2.41. The van der Waals surface area contributed by atoms with Crippen molar-refractivity contribution < 1.29 is 34.4 Å². The van der Waals surface area contributed by atoms with Gasteiger partial charge in [-0.3, -0.25) is 14.4 Å². The Morgan fingerprint density at radius 1 is 1.06 bits per heavy atom. The lowest BCUT2D eigenvalue weighted by atomic mass is 9.46. The number of aliphatic hydroxyl groups is 1. The topological polar surface area (TPSA) is 159 Å². The third-order valence-electron chi connectivity index (χ3n) is 12.8. The number of benzene rings is 1. The SMILES string of the molecule is CC(C)CCC[C@](C)(O)C1CCC2C3CC=C4C[C@@H](OC(=O)CCC(=O)Nc5ccc(O)c(C(N)=O)c5O)CC[C@]4(C)C3CC[C@@]21C. The van der Waals surface area contributed by atoms with Crippen molar-refractivity contribution in [3.63, 3.8) is 0 Å². The molecule has 260 valence electrons. The number of phenols is 2. The average Bonchev–Trinajstić information content (AvgIpc) is 3.35. The van der Waals surface area contributed by atoms with Crippen molar-refractivity contribution in [1.82, 2.24) is 0 Å². The molecule has 5 rings (SSSR count). The molecular formula is C38H56N2O7. The lowest BCUT2D eigenvalue weighted by Crippen LogP contribution is -2.53. The number of hydrogen-bond acceptors (Lipinski definition) is 7. The fraction of sp³-hybridized carbons (Fsp3) is 0.711. The van der Waals surface area contributed by atoms with E-state index in [1.54, 1.807) is 0 Å². The summed E-state index contributed by atoms with van der Waals surface area (Å²) in [7, 11) is 0. The van der Waals surface area contributed by atoms with Crippen molar-refractivity contribution in [1.29, 1.82) is 0 Å². The van der Waals surface area contributed by atoms with Crippen LogP contribution < -0.4 is 11.1 Å². The van der Waals surface area contributed by atoms with Gasteiger partial charge in [0.2, 0.25) is 5.91 Å². The molecule has 9 heteroatoms. The minimum absolute atomic E-state index is 0.0766. The number of fused-ring (bicyclic) bond motifs is 5. The number of allylic oxidation sites excluding steroid dienone is 1. The summed E-state index contributed by atoms with van der Waals surface area (Å²) >= 11 is 0. The lowest BCUT2D eigenvalue weighted by molar-refractivity contribution is -0.152. The van der Waals surface area contributed by atoms with Gasteiger partial charge in [0.25, 0.3) is 5.91 Å². The number of nitrogens with one attached hydrogen (secondary N) is 1. The molecule has 0 heterocycles. The van der Waals surface area contributed by atoms with Gasteiger partial charge in [0, 0.05) is 12.8 Å². The maximum Gasteiger partial charge on any atom is 0.306 e. The zero-order valence-corrected chi connectivity index (χ0v) is 28.9. The van der Waals surface area contributed by atoms with Gasteiger partial charge in [0.1, 0.15) is 17.4 Å². The normalized spacial score (nSPS) is 32.7. The largest absolute Gasteiger partial charge is 0.507 e. The number of aromatic hydroxyl groups is 2. The molecular weight excluding hydrogens is 596 g/mol. The summed E-state index contributed by atoms with van der Waals surface area (Å²) < 4.78 is 5.86. The minimum atomic E-state index is -1.03. The van der Waals surface area contributed by atoms with Crippen molar-refractivity contribution in [3.05, 3.63) is 29.3 Å². The van der Waals surface area contributed by atoms with Crippen LogP contribution in [-0.4, -0.2) is 44.8 Å². The summed E-state index contributed by atoms with van der Waals surface area (Å²) in [5, 5.41) is 34.2. The van der Waals surface area contributed by atoms with Crippen LogP contribution in [0.1, 0.15) is 128 Å². The molecule has 0 aliphatic heterocycles. The molecule has 1 aromatic rings. The highest BCUT2D eigenvalue weighted by molar-refractivity contribution is 6.02. The van der Waals surface area contributed by atoms with Crippen LogP contribution in [0.2, 0.25) is 0 Å². The van der Waals surface area contributed by atoms with E-state index in [2.05, 4.69) is 46.0 Å². The van der Waals surface area contributed by atoms with E-state index in [0.29, 0.717) is 29.6 Å². The Morgan fingerprint density at radius 2 is 1.81 bits per heavy atom. The number of primary amides is 1. The van der Waals surface area contributed by atoms with Crippen LogP contribution in [0.15, 0.2) is 23.8 Å². The molecule has 3 saturated carbocycles. The summed E-state index contributed by atoms with van der Waals surface area (Å²) in [4.78, 5) is 36.8. The van der Waals surface area contributed by atoms with Gasteiger partial charge in [-0.25, -0.2) is 0 Å². The van der Waals surface area contributed by atoms with Crippen LogP contribution in [-0.2, 0) is 14.3 Å². The van der Waals surface area contributed by atoms with Gasteiger partial charge in [-0.15, -0.1) is 0 Å². The third-order valence-corrected chi connectivity index (χ3v) is 12.8. The molecule has 0 bridgehead atoms. The first kappa shape index (κ1) is 35.2. The summed E-state index contributed by atoms with van der Waals surface area (Å²) in [5.74, 6) is -0.243. The Hall–Kier alpha value is -3.07. The zero-order chi connectivity index (χ0) is 34.3. The number of hydrogen-bond donors (Lipinski definition) is 5. The van der Waals surface area contributed by atoms with Gasteiger partial charge in [0.15, 0.2) is 5.75 Å². The Bertz CT molecular complexity index is 1400. The molecule has 8 atom stereocenters. The number of nitrogens with two attached hydrogens (primary N) is 1. The van der Waals surface area contributed by atoms with E-state index in [4.69, 9.17) is 10.5 Å². The van der Waals surface area contributed by atoms with E-state index in [0.717, 1.165) is 57.4 Å². The fourth-order valence-electron chi connectivity index (χ4n) is 10.4. The maximum absolute atomic E-state index is 12.8. The van der Waals surface area contributed by atoms with E-state index in [-0.39, 0.29) is 35.5 Å². The van der Waals surface area contributed by atoms with Gasteiger partial charge < -0.3 is 31.1 Å². The lowest BCUT2D eigenvalue weighted by Gasteiger charge is -2.59. The van der Waals surface area contributed by atoms with Crippen LogP contribution in [0.4, 0.5) is 5.69 Å². The van der Waals surface area contributed by atoms with E-state index in [1.807, 2.05) is 0 Å². The molecule has 4 unspecified atom stereocenters. The number of carbonyl (C=O) groups is 3. The van der Waals surface area contributed by atoms with Gasteiger partial charge in [-0.05, 0) is 111 Å². The van der Waals surface area contributed by atoms with Crippen LogP contribution >= 0.6 is 0 Å². The maximum atomic E-state index is 12.8. The van der Waals surface area contributed by atoms with Crippen molar-refractivity contribution in [2.24, 2.45) is 46.2 Å². The summed E-state index contributed by atoms with van der Waals surface area (Å²) in [6.45, 7) is 11.5. The summed E-state index contributed by atoms with van der Waals surface area (Å²) in [6.07, 6.45) is 13.3. The predicted octanol–water partition coefficient (Wildman–Crippen LogP) is 6.98. The molecule has 4 aliphatic carbocycles. The van der Waals surface area contributed by atoms with Gasteiger partial charge >= 0.3 is 5.97 Å². The zero-order valence-electron chi connectivity index (χ0n) is 28.9. The predicted molar refractivity (Wildman–Crippen MR) is 181 cm³/mol. The second-order valence-corrected chi connectivity index (χ2v) is 16.2. The van der Waals surface area contributed by atoms with Gasteiger partial charge in [0.05, 0.1) is 17.7 Å². The highest BCUT2D eigenvalue weighted by atomic mass is 16.5. The molecule has 2 amide bonds. The van der Waals surface area contributed by atoms with E-state index < -0.39 is 40.4 Å².